The summed E-state index contributed by atoms with van der Waals surface area (Å²) in [6.45, 7) is 10.1. The highest BCUT2D eigenvalue weighted by molar-refractivity contribution is 7.11. The summed E-state index contributed by atoms with van der Waals surface area (Å²) in [6, 6.07) is 7.90. The number of aromatic nitrogens is 1. The van der Waals surface area contributed by atoms with Gasteiger partial charge in [0, 0.05) is 24.4 Å². The van der Waals surface area contributed by atoms with Crippen LogP contribution in [0.2, 0.25) is 0 Å². The maximum atomic E-state index is 10.3. The molecular formula is C19H28N4OS. The van der Waals surface area contributed by atoms with E-state index in [4.69, 9.17) is 0 Å². The van der Waals surface area contributed by atoms with Gasteiger partial charge in [0.2, 0.25) is 0 Å². The van der Waals surface area contributed by atoms with Gasteiger partial charge in [-0.05, 0) is 33.3 Å². The zero-order chi connectivity index (χ0) is 18.2. The summed E-state index contributed by atoms with van der Waals surface area (Å²) in [4.78, 5) is 10.3. The van der Waals surface area contributed by atoms with E-state index in [1.165, 1.54) is 4.88 Å². The van der Waals surface area contributed by atoms with Crippen LogP contribution < -0.4 is 10.6 Å². The molecule has 0 aliphatic carbocycles. The molecule has 1 unspecified atom stereocenters. The molecule has 25 heavy (non-hydrogen) atoms. The van der Waals surface area contributed by atoms with Crippen LogP contribution in [0.1, 0.15) is 39.7 Å². The van der Waals surface area contributed by atoms with Gasteiger partial charge in [0.05, 0.1) is 23.4 Å². The van der Waals surface area contributed by atoms with Crippen LogP contribution >= 0.6 is 11.3 Å². The van der Waals surface area contributed by atoms with Crippen molar-refractivity contribution in [3.05, 3.63) is 51.0 Å². The number of nitrogens with zero attached hydrogens (tertiary/aromatic N) is 2. The zero-order valence-electron chi connectivity index (χ0n) is 15.5. The molecule has 0 radical (unpaired) electrons. The number of aliphatic imine (C=N–C) groups is 1. The Bertz CT molecular complexity index is 692. The largest absolute Gasteiger partial charge is 0.386 e. The second-order valence-electron chi connectivity index (χ2n) is 6.08. The Morgan fingerprint density at radius 3 is 2.72 bits per heavy atom. The van der Waals surface area contributed by atoms with Crippen molar-refractivity contribution in [2.45, 2.75) is 40.2 Å². The number of rotatable bonds is 7. The van der Waals surface area contributed by atoms with Gasteiger partial charge in [0.25, 0.3) is 0 Å². The van der Waals surface area contributed by atoms with E-state index < -0.39 is 6.10 Å². The topological polar surface area (TPSA) is 69.5 Å². The number of thiazole rings is 1. The molecule has 0 aliphatic rings. The predicted octanol–water partition coefficient (Wildman–Crippen LogP) is 2.90. The van der Waals surface area contributed by atoms with Gasteiger partial charge in [0.1, 0.15) is 0 Å². The van der Waals surface area contributed by atoms with Crippen LogP contribution in [-0.2, 0) is 6.42 Å². The van der Waals surface area contributed by atoms with E-state index in [-0.39, 0.29) is 0 Å². The van der Waals surface area contributed by atoms with Crippen molar-refractivity contribution >= 4 is 17.3 Å². The summed E-state index contributed by atoms with van der Waals surface area (Å²) in [6.07, 6.45) is 0.268. The van der Waals surface area contributed by atoms with Gasteiger partial charge in [-0.2, -0.15) is 0 Å². The summed E-state index contributed by atoms with van der Waals surface area (Å²) in [5.74, 6) is 0.721. The zero-order valence-corrected chi connectivity index (χ0v) is 16.3. The number of aliphatic hydroxyl groups excluding tert-OH is 1. The smallest absolute Gasteiger partial charge is 0.191 e. The lowest BCUT2D eigenvalue weighted by atomic mass is 10.1. The fourth-order valence-electron chi connectivity index (χ4n) is 2.44. The van der Waals surface area contributed by atoms with Crippen LogP contribution in [0.4, 0.5) is 0 Å². The van der Waals surface area contributed by atoms with Crippen molar-refractivity contribution in [1.29, 1.82) is 0 Å². The van der Waals surface area contributed by atoms with Crippen LogP contribution in [-0.4, -0.2) is 35.7 Å². The van der Waals surface area contributed by atoms with E-state index in [1.807, 2.05) is 45.0 Å². The summed E-state index contributed by atoms with van der Waals surface area (Å²) in [5.41, 5.74) is 3.15. The molecule has 0 saturated carbocycles. The molecule has 6 heteroatoms. The highest BCUT2D eigenvalue weighted by Gasteiger charge is 2.08. The van der Waals surface area contributed by atoms with E-state index in [0.29, 0.717) is 6.54 Å². The second-order valence-corrected chi connectivity index (χ2v) is 7.36. The minimum Gasteiger partial charge on any atom is -0.386 e. The van der Waals surface area contributed by atoms with Gasteiger partial charge in [-0.3, -0.25) is 4.99 Å². The minimum atomic E-state index is -0.598. The van der Waals surface area contributed by atoms with Crippen molar-refractivity contribution < 1.29 is 5.11 Å². The standard InChI is InChI=1S/C19H28N4OS/c1-5-20-19(21-10-9-18-23-14(3)15(4)25-18)22-12-17(24)16-8-6-7-13(2)11-16/h6-8,11,17,24H,5,9-10,12H2,1-4H3,(H2,20,21,22). The first-order chi connectivity index (χ1) is 12.0. The molecule has 0 spiro atoms. The molecule has 136 valence electrons. The van der Waals surface area contributed by atoms with Gasteiger partial charge in [-0.25, -0.2) is 4.98 Å². The minimum absolute atomic E-state index is 0.328. The first-order valence-electron chi connectivity index (χ1n) is 8.69. The molecule has 2 aromatic rings. The Labute approximate surface area is 154 Å². The summed E-state index contributed by atoms with van der Waals surface area (Å²) >= 11 is 1.74. The van der Waals surface area contributed by atoms with Gasteiger partial charge in [-0.1, -0.05) is 29.8 Å². The van der Waals surface area contributed by atoms with Crippen LogP contribution in [0.3, 0.4) is 0 Å². The Morgan fingerprint density at radius 2 is 2.08 bits per heavy atom. The normalized spacial score (nSPS) is 12.9. The Kier molecular flexibility index (Phi) is 7.40. The third kappa shape index (κ3) is 6.14. The Morgan fingerprint density at radius 1 is 1.28 bits per heavy atom. The van der Waals surface area contributed by atoms with E-state index in [9.17, 15) is 5.11 Å². The second kappa shape index (κ2) is 9.53. The third-order valence-corrected chi connectivity index (χ3v) is 5.03. The highest BCUT2D eigenvalue weighted by Crippen LogP contribution is 2.16. The van der Waals surface area contributed by atoms with Gasteiger partial charge in [0.15, 0.2) is 5.96 Å². The number of aryl methyl sites for hydroxylation is 3. The molecule has 0 fully saturated rings. The molecule has 3 N–H and O–H groups in total. The van der Waals surface area contributed by atoms with Crippen molar-refractivity contribution in [2.24, 2.45) is 4.99 Å². The third-order valence-electron chi connectivity index (χ3n) is 3.90. The Balaban J connectivity index is 1.88. The first-order valence-corrected chi connectivity index (χ1v) is 9.51. The van der Waals surface area contributed by atoms with E-state index in [1.54, 1.807) is 11.3 Å². The van der Waals surface area contributed by atoms with E-state index in [0.717, 1.165) is 47.3 Å². The lowest BCUT2D eigenvalue weighted by molar-refractivity contribution is 0.187. The summed E-state index contributed by atoms with van der Waals surface area (Å²) < 4.78 is 0. The highest BCUT2D eigenvalue weighted by atomic mass is 32.1. The summed E-state index contributed by atoms with van der Waals surface area (Å²) in [7, 11) is 0. The average molecular weight is 361 g/mol. The van der Waals surface area contributed by atoms with Crippen LogP contribution in [0, 0.1) is 20.8 Å². The fraction of sp³-hybridized carbons (Fsp3) is 0.474. The van der Waals surface area contributed by atoms with Crippen molar-refractivity contribution in [1.82, 2.24) is 15.6 Å². The number of aliphatic hydroxyl groups is 1. The van der Waals surface area contributed by atoms with Gasteiger partial charge >= 0.3 is 0 Å². The molecule has 0 bridgehead atoms. The fourth-order valence-corrected chi connectivity index (χ4v) is 3.37. The molecule has 0 aliphatic heterocycles. The molecule has 0 saturated heterocycles. The molecule has 0 amide bonds. The lowest BCUT2D eigenvalue weighted by Gasteiger charge is -2.13. The summed E-state index contributed by atoms with van der Waals surface area (Å²) in [5, 5.41) is 18.0. The van der Waals surface area contributed by atoms with Crippen LogP contribution in [0.25, 0.3) is 0 Å². The number of nitrogens with one attached hydrogen (secondary N) is 2. The van der Waals surface area contributed by atoms with E-state index in [2.05, 4.69) is 27.5 Å². The maximum absolute atomic E-state index is 10.3. The van der Waals surface area contributed by atoms with E-state index >= 15 is 0 Å². The van der Waals surface area contributed by atoms with Crippen molar-refractivity contribution in [3.63, 3.8) is 0 Å². The molecule has 5 nitrogen and oxygen atoms in total. The Hall–Kier alpha value is -1.92. The quantitative estimate of drug-likeness (QED) is 0.524. The first kappa shape index (κ1) is 19.4. The number of hydrogen-bond acceptors (Lipinski definition) is 4. The number of hydrogen-bond donors (Lipinski definition) is 3. The number of benzene rings is 1. The molecule has 2 rings (SSSR count). The van der Waals surface area contributed by atoms with Crippen molar-refractivity contribution in [2.75, 3.05) is 19.6 Å². The molecule has 1 heterocycles. The maximum Gasteiger partial charge on any atom is 0.191 e. The molecular weight excluding hydrogens is 332 g/mol. The predicted molar refractivity (Wildman–Crippen MR) is 105 cm³/mol. The van der Waals surface area contributed by atoms with Crippen molar-refractivity contribution in [3.8, 4) is 0 Å². The molecule has 1 atom stereocenters. The average Bonchev–Trinajstić information content (AvgIpc) is 2.90. The van der Waals surface area contributed by atoms with Crippen LogP contribution in [0.5, 0.6) is 0 Å². The molecule has 1 aromatic heterocycles. The van der Waals surface area contributed by atoms with Gasteiger partial charge in [-0.15, -0.1) is 11.3 Å². The van der Waals surface area contributed by atoms with Crippen LogP contribution in [0.15, 0.2) is 29.3 Å². The SMILES string of the molecule is CCNC(=NCC(O)c1cccc(C)c1)NCCc1nc(C)c(C)s1. The van der Waals surface area contributed by atoms with Gasteiger partial charge < -0.3 is 15.7 Å². The number of guanidine groups is 1. The lowest BCUT2D eigenvalue weighted by Crippen LogP contribution is -2.38. The monoisotopic (exact) mass is 360 g/mol. The molecule has 1 aromatic carbocycles.